The van der Waals surface area contributed by atoms with E-state index in [4.69, 9.17) is 21.1 Å². The van der Waals surface area contributed by atoms with E-state index in [-0.39, 0.29) is 0 Å². The van der Waals surface area contributed by atoms with Crippen molar-refractivity contribution in [3.05, 3.63) is 0 Å². The number of aliphatic hydroxyl groups is 2. The summed E-state index contributed by atoms with van der Waals surface area (Å²) in [6, 6.07) is -5.79. The maximum absolute atomic E-state index is 12.3. The van der Waals surface area contributed by atoms with Gasteiger partial charge in [-0.05, 0) is 5.92 Å². The van der Waals surface area contributed by atoms with Crippen molar-refractivity contribution >= 4 is 29.7 Å². The lowest BCUT2D eigenvalue weighted by Crippen LogP contribution is -2.59. The first-order valence-electron chi connectivity index (χ1n) is 8.27. The van der Waals surface area contributed by atoms with Crippen LogP contribution in [0.3, 0.4) is 0 Å². The predicted octanol–water partition coefficient (Wildman–Crippen LogP) is -4.03. The molecule has 0 bridgehead atoms. The molecule has 0 aromatic heterocycles. The second kappa shape index (κ2) is 11.8. The second-order valence-corrected chi connectivity index (χ2v) is 6.26. The lowest BCUT2D eigenvalue weighted by atomic mass is 10.0. The quantitative estimate of drug-likeness (QED) is 0.156. The summed E-state index contributed by atoms with van der Waals surface area (Å²) in [5.41, 5.74) is 5.30. The number of nitrogens with one attached hydrogen (secondary N) is 3. The molecule has 3 amide bonds. The first-order chi connectivity index (χ1) is 12.9. The molecule has 4 unspecified atom stereocenters. The van der Waals surface area contributed by atoms with Crippen LogP contribution >= 0.6 is 0 Å². The number of hydrogen-bond acceptors (Lipinski definition) is 8. The molecule has 0 aliphatic carbocycles. The molecule has 0 fully saturated rings. The van der Waals surface area contributed by atoms with Crippen LogP contribution in [0.4, 0.5) is 0 Å². The molecular formula is C15H26N4O9. The monoisotopic (exact) mass is 406 g/mol. The lowest BCUT2D eigenvalue weighted by molar-refractivity contribution is -0.147. The minimum Gasteiger partial charge on any atom is -0.481 e. The van der Waals surface area contributed by atoms with Crippen molar-refractivity contribution in [1.82, 2.24) is 16.0 Å². The van der Waals surface area contributed by atoms with Crippen LogP contribution in [0.25, 0.3) is 0 Å². The highest BCUT2D eigenvalue weighted by atomic mass is 16.4. The van der Waals surface area contributed by atoms with Gasteiger partial charge in [0.25, 0.3) is 0 Å². The zero-order valence-corrected chi connectivity index (χ0v) is 15.4. The molecule has 0 aliphatic rings. The molecule has 0 saturated heterocycles. The lowest BCUT2D eigenvalue weighted by Gasteiger charge is -2.26. The molecule has 9 N–H and O–H groups in total. The van der Waals surface area contributed by atoms with Crippen LogP contribution in [0.5, 0.6) is 0 Å². The Labute approximate surface area is 160 Å². The number of aliphatic hydroxyl groups excluding tert-OH is 2. The smallest absolute Gasteiger partial charge is 0.326 e. The molecule has 0 aromatic rings. The van der Waals surface area contributed by atoms with Gasteiger partial charge in [-0.3, -0.25) is 19.2 Å². The minimum absolute atomic E-state index is 0.544. The molecule has 0 saturated carbocycles. The van der Waals surface area contributed by atoms with E-state index in [1.807, 2.05) is 5.32 Å². The standard InChI is InChI=1S/C15H26N4O9/c1-6(2)11(14(26)17-8(15(27)28)3-10(22)23)19-13(25)9(5-21)18-12(24)7(16)4-20/h6-9,11,20-21H,3-5,16H2,1-2H3,(H,17,26)(H,18,24)(H,19,25)(H,22,23)(H,27,28). The Balaban J connectivity index is 5.18. The zero-order valence-electron chi connectivity index (χ0n) is 15.4. The highest BCUT2D eigenvalue weighted by Gasteiger charge is 2.32. The van der Waals surface area contributed by atoms with Gasteiger partial charge in [0.05, 0.1) is 19.6 Å². The minimum atomic E-state index is -1.71. The van der Waals surface area contributed by atoms with Crippen molar-refractivity contribution in [2.75, 3.05) is 13.2 Å². The number of carbonyl (C=O) groups is 5. The average Bonchev–Trinajstić information content (AvgIpc) is 2.61. The number of amides is 3. The molecule has 0 radical (unpaired) electrons. The van der Waals surface area contributed by atoms with E-state index >= 15 is 0 Å². The number of nitrogens with two attached hydrogens (primary N) is 1. The van der Waals surface area contributed by atoms with E-state index in [2.05, 4.69) is 10.6 Å². The Morgan fingerprint density at radius 1 is 0.821 bits per heavy atom. The van der Waals surface area contributed by atoms with Gasteiger partial charge >= 0.3 is 11.9 Å². The average molecular weight is 406 g/mol. The van der Waals surface area contributed by atoms with Crippen LogP contribution in [0, 0.1) is 5.92 Å². The number of aliphatic carboxylic acids is 2. The maximum Gasteiger partial charge on any atom is 0.326 e. The van der Waals surface area contributed by atoms with Gasteiger partial charge in [-0.25, -0.2) is 4.79 Å². The van der Waals surface area contributed by atoms with Crippen molar-refractivity contribution in [2.24, 2.45) is 11.7 Å². The Hall–Kier alpha value is -2.77. The SMILES string of the molecule is CC(C)C(NC(=O)C(CO)NC(=O)C(N)CO)C(=O)NC(CC(=O)O)C(=O)O. The summed E-state index contributed by atoms with van der Waals surface area (Å²) >= 11 is 0. The van der Waals surface area contributed by atoms with Gasteiger partial charge < -0.3 is 42.1 Å². The van der Waals surface area contributed by atoms with Crippen LogP contribution in [0.15, 0.2) is 0 Å². The van der Waals surface area contributed by atoms with Crippen LogP contribution < -0.4 is 21.7 Å². The van der Waals surface area contributed by atoms with E-state index in [0.717, 1.165) is 0 Å². The Morgan fingerprint density at radius 2 is 1.36 bits per heavy atom. The van der Waals surface area contributed by atoms with Gasteiger partial charge in [-0.1, -0.05) is 13.8 Å². The van der Waals surface area contributed by atoms with Crippen molar-refractivity contribution in [3.8, 4) is 0 Å². The largest absolute Gasteiger partial charge is 0.481 e. The molecule has 0 aromatic carbocycles. The topological polar surface area (TPSA) is 228 Å². The fourth-order valence-corrected chi connectivity index (χ4v) is 1.98. The number of carboxylic acid groups (broad SMARTS) is 2. The third-order valence-electron chi connectivity index (χ3n) is 3.59. The third kappa shape index (κ3) is 8.28. The van der Waals surface area contributed by atoms with Gasteiger partial charge in [0.1, 0.15) is 24.2 Å². The van der Waals surface area contributed by atoms with Crippen LogP contribution in [-0.4, -0.2) is 87.5 Å². The summed E-state index contributed by atoms with van der Waals surface area (Å²) in [6.45, 7) is 1.54. The Bertz CT molecular complexity index is 596. The number of carbonyl (C=O) groups excluding carboxylic acids is 3. The Kier molecular flexibility index (Phi) is 10.7. The predicted molar refractivity (Wildman–Crippen MR) is 92.7 cm³/mol. The molecule has 28 heavy (non-hydrogen) atoms. The molecule has 0 heterocycles. The summed E-state index contributed by atoms with van der Waals surface area (Å²) in [5, 5.41) is 42.2. The van der Waals surface area contributed by atoms with E-state index in [0.29, 0.717) is 0 Å². The van der Waals surface area contributed by atoms with Gasteiger partial charge in [0.15, 0.2) is 0 Å². The molecule has 0 rings (SSSR count). The van der Waals surface area contributed by atoms with E-state index in [1.165, 1.54) is 13.8 Å². The first-order valence-corrected chi connectivity index (χ1v) is 8.27. The summed E-state index contributed by atoms with van der Waals surface area (Å²) in [4.78, 5) is 58.0. The maximum atomic E-state index is 12.3. The van der Waals surface area contributed by atoms with Crippen LogP contribution in [-0.2, 0) is 24.0 Å². The molecule has 0 aliphatic heterocycles. The second-order valence-electron chi connectivity index (χ2n) is 6.26. The molecular weight excluding hydrogens is 380 g/mol. The summed E-state index contributed by atoms with van der Waals surface area (Å²) in [5.74, 6) is -6.37. The van der Waals surface area contributed by atoms with Gasteiger partial charge in [0, 0.05) is 0 Å². The van der Waals surface area contributed by atoms with Crippen molar-refractivity contribution in [1.29, 1.82) is 0 Å². The first kappa shape index (κ1) is 25.2. The van der Waals surface area contributed by atoms with Gasteiger partial charge in [-0.15, -0.1) is 0 Å². The Morgan fingerprint density at radius 3 is 1.75 bits per heavy atom. The van der Waals surface area contributed by atoms with Crippen LogP contribution in [0.2, 0.25) is 0 Å². The zero-order chi connectivity index (χ0) is 22.0. The van der Waals surface area contributed by atoms with Crippen molar-refractivity contribution < 1.29 is 44.4 Å². The van der Waals surface area contributed by atoms with Crippen LogP contribution in [0.1, 0.15) is 20.3 Å². The third-order valence-corrected chi connectivity index (χ3v) is 3.59. The molecule has 160 valence electrons. The summed E-state index contributed by atoms with van der Waals surface area (Å²) in [6.07, 6.45) is -0.867. The number of hydrogen-bond donors (Lipinski definition) is 8. The highest BCUT2D eigenvalue weighted by Crippen LogP contribution is 2.05. The van der Waals surface area contributed by atoms with E-state index in [9.17, 15) is 29.1 Å². The van der Waals surface area contributed by atoms with Gasteiger partial charge in [-0.2, -0.15) is 0 Å². The molecule has 4 atom stereocenters. The van der Waals surface area contributed by atoms with E-state index in [1.54, 1.807) is 0 Å². The number of rotatable bonds is 12. The molecule has 13 nitrogen and oxygen atoms in total. The number of carboxylic acids is 2. The molecule has 0 spiro atoms. The highest BCUT2D eigenvalue weighted by molar-refractivity contribution is 5.94. The fraction of sp³-hybridized carbons (Fsp3) is 0.667. The van der Waals surface area contributed by atoms with Crippen molar-refractivity contribution in [2.45, 2.75) is 44.4 Å². The normalized spacial score (nSPS) is 15.1. The summed E-state index contributed by atoms with van der Waals surface area (Å²) < 4.78 is 0. The van der Waals surface area contributed by atoms with Gasteiger partial charge in [0.2, 0.25) is 17.7 Å². The molecule has 13 heteroatoms. The van der Waals surface area contributed by atoms with Crippen molar-refractivity contribution in [3.63, 3.8) is 0 Å². The summed E-state index contributed by atoms with van der Waals surface area (Å²) in [7, 11) is 0. The van der Waals surface area contributed by atoms with E-state index < -0.39 is 79.4 Å². The fourth-order valence-electron chi connectivity index (χ4n) is 1.98.